The summed E-state index contributed by atoms with van der Waals surface area (Å²) >= 11 is 0. The second-order valence-electron chi connectivity index (χ2n) is 3.47. The maximum absolute atomic E-state index is 11.4. The van der Waals surface area contributed by atoms with Crippen LogP contribution in [0.5, 0.6) is 0 Å². The molecule has 82 valence electrons. The first kappa shape index (κ1) is 11.7. The monoisotopic (exact) mass is 207 g/mol. The lowest BCUT2D eigenvalue weighted by atomic mass is 10.1. The zero-order valence-corrected chi connectivity index (χ0v) is 8.94. The number of aromatic nitrogens is 1. The van der Waals surface area contributed by atoms with Crippen molar-refractivity contribution in [1.82, 2.24) is 10.3 Å². The average Bonchev–Trinajstić information content (AvgIpc) is 2.27. The van der Waals surface area contributed by atoms with Crippen molar-refractivity contribution in [2.45, 2.75) is 25.8 Å². The van der Waals surface area contributed by atoms with Crippen LogP contribution in [0.2, 0.25) is 0 Å². The van der Waals surface area contributed by atoms with Gasteiger partial charge in [-0.25, -0.2) is 0 Å². The normalized spacial score (nSPS) is 12.1. The predicted octanol–water partition coefficient (Wildman–Crippen LogP) is 0.998. The molecule has 0 saturated carbocycles. The van der Waals surface area contributed by atoms with Gasteiger partial charge in [0.05, 0.1) is 6.04 Å². The Labute approximate surface area is 89.9 Å². The van der Waals surface area contributed by atoms with Gasteiger partial charge in [0.15, 0.2) is 0 Å². The fourth-order valence-corrected chi connectivity index (χ4v) is 1.29. The molecule has 0 bridgehead atoms. The summed E-state index contributed by atoms with van der Waals surface area (Å²) in [7, 11) is 0. The fraction of sp³-hybridized carbons (Fsp3) is 0.455. The highest BCUT2D eigenvalue weighted by atomic mass is 16.1. The maximum atomic E-state index is 11.4. The maximum Gasteiger partial charge on any atom is 0.220 e. The summed E-state index contributed by atoms with van der Waals surface area (Å²) in [6.45, 7) is 2.49. The van der Waals surface area contributed by atoms with Gasteiger partial charge in [0, 0.05) is 18.8 Å². The zero-order chi connectivity index (χ0) is 11.1. The van der Waals surface area contributed by atoms with E-state index in [-0.39, 0.29) is 11.9 Å². The molecule has 1 aromatic rings. The molecule has 0 saturated heterocycles. The highest BCUT2D eigenvalue weighted by Gasteiger charge is 2.08. The van der Waals surface area contributed by atoms with Crippen molar-refractivity contribution in [2.24, 2.45) is 5.73 Å². The number of carbonyl (C=O) groups is 1. The van der Waals surface area contributed by atoms with Crippen molar-refractivity contribution in [3.8, 4) is 0 Å². The predicted molar refractivity (Wildman–Crippen MR) is 59.1 cm³/mol. The van der Waals surface area contributed by atoms with Gasteiger partial charge in [-0.3, -0.25) is 9.78 Å². The van der Waals surface area contributed by atoms with Crippen LogP contribution >= 0.6 is 0 Å². The number of hydrogen-bond donors (Lipinski definition) is 2. The molecule has 3 N–H and O–H groups in total. The van der Waals surface area contributed by atoms with E-state index in [4.69, 9.17) is 5.73 Å². The van der Waals surface area contributed by atoms with Gasteiger partial charge in [0.2, 0.25) is 5.91 Å². The van der Waals surface area contributed by atoms with Crippen molar-refractivity contribution in [3.05, 3.63) is 30.1 Å². The molecule has 0 spiro atoms. The van der Waals surface area contributed by atoms with Gasteiger partial charge >= 0.3 is 0 Å². The lowest BCUT2D eigenvalue weighted by Crippen LogP contribution is -2.26. The summed E-state index contributed by atoms with van der Waals surface area (Å²) in [5.74, 6) is 0.0387. The third-order valence-corrected chi connectivity index (χ3v) is 2.17. The molecular weight excluding hydrogens is 190 g/mol. The Bertz CT molecular complexity index is 300. The number of nitrogens with one attached hydrogen (secondary N) is 1. The third kappa shape index (κ3) is 4.08. The minimum atomic E-state index is 0.00368. The molecule has 0 aliphatic heterocycles. The third-order valence-electron chi connectivity index (χ3n) is 2.17. The van der Waals surface area contributed by atoms with E-state index >= 15 is 0 Å². The highest BCUT2D eigenvalue weighted by Crippen LogP contribution is 2.09. The average molecular weight is 207 g/mol. The van der Waals surface area contributed by atoms with Crippen LogP contribution in [-0.4, -0.2) is 17.4 Å². The second-order valence-corrected chi connectivity index (χ2v) is 3.47. The standard InChI is InChI=1S/C11H17N3O/c1-9(10-4-3-7-13-8-10)14-11(15)5-2-6-12/h3-4,7-9H,2,5-6,12H2,1H3,(H,14,15). The highest BCUT2D eigenvalue weighted by molar-refractivity contribution is 5.76. The second kappa shape index (κ2) is 6.14. The van der Waals surface area contributed by atoms with E-state index in [1.165, 1.54) is 0 Å². The lowest BCUT2D eigenvalue weighted by Gasteiger charge is -2.13. The molecule has 4 nitrogen and oxygen atoms in total. The Morgan fingerprint density at radius 2 is 2.47 bits per heavy atom. The SMILES string of the molecule is CC(NC(=O)CCCN)c1cccnc1. The Hall–Kier alpha value is -1.42. The Morgan fingerprint density at radius 3 is 3.07 bits per heavy atom. The molecule has 0 radical (unpaired) electrons. The number of nitrogens with two attached hydrogens (primary N) is 1. The number of pyridine rings is 1. The molecule has 1 amide bonds. The van der Waals surface area contributed by atoms with Gasteiger partial charge in [-0.2, -0.15) is 0 Å². The Balaban J connectivity index is 2.42. The number of hydrogen-bond acceptors (Lipinski definition) is 3. The molecule has 15 heavy (non-hydrogen) atoms. The molecule has 0 aliphatic rings. The van der Waals surface area contributed by atoms with Crippen LogP contribution in [0.3, 0.4) is 0 Å². The summed E-state index contributed by atoms with van der Waals surface area (Å²) in [5, 5.41) is 2.90. The summed E-state index contributed by atoms with van der Waals surface area (Å²) in [6.07, 6.45) is 4.69. The van der Waals surface area contributed by atoms with Crippen molar-refractivity contribution >= 4 is 5.91 Å². The number of carbonyl (C=O) groups excluding carboxylic acids is 1. The largest absolute Gasteiger partial charge is 0.350 e. The molecule has 1 atom stereocenters. The number of amides is 1. The molecule has 1 aromatic heterocycles. The van der Waals surface area contributed by atoms with Crippen molar-refractivity contribution in [2.75, 3.05) is 6.54 Å². The van der Waals surface area contributed by atoms with Crippen LogP contribution in [0.25, 0.3) is 0 Å². The smallest absolute Gasteiger partial charge is 0.220 e. The molecule has 1 heterocycles. The first-order valence-electron chi connectivity index (χ1n) is 5.13. The van der Waals surface area contributed by atoms with Crippen LogP contribution in [0.15, 0.2) is 24.5 Å². The van der Waals surface area contributed by atoms with Crippen molar-refractivity contribution in [3.63, 3.8) is 0 Å². The van der Waals surface area contributed by atoms with E-state index in [0.717, 1.165) is 12.0 Å². The first-order valence-corrected chi connectivity index (χ1v) is 5.13. The lowest BCUT2D eigenvalue weighted by molar-refractivity contribution is -0.121. The number of nitrogens with zero attached hydrogens (tertiary/aromatic N) is 1. The van der Waals surface area contributed by atoms with Gasteiger partial charge in [-0.15, -0.1) is 0 Å². The Kier molecular flexibility index (Phi) is 4.77. The van der Waals surface area contributed by atoms with E-state index in [9.17, 15) is 4.79 Å². The quantitative estimate of drug-likeness (QED) is 0.756. The van der Waals surface area contributed by atoms with Crippen LogP contribution in [0, 0.1) is 0 Å². The van der Waals surface area contributed by atoms with Gasteiger partial charge in [0.1, 0.15) is 0 Å². The van der Waals surface area contributed by atoms with E-state index in [1.807, 2.05) is 19.1 Å². The molecule has 0 aromatic carbocycles. The first-order chi connectivity index (χ1) is 7.24. The molecular formula is C11H17N3O. The van der Waals surface area contributed by atoms with Crippen LogP contribution in [0.1, 0.15) is 31.4 Å². The molecule has 4 heteroatoms. The summed E-state index contributed by atoms with van der Waals surface area (Å²) in [4.78, 5) is 15.4. The van der Waals surface area contributed by atoms with Gasteiger partial charge in [-0.05, 0) is 31.5 Å². The van der Waals surface area contributed by atoms with E-state index < -0.39 is 0 Å². The van der Waals surface area contributed by atoms with Gasteiger partial charge in [0.25, 0.3) is 0 Å². The van der Waals surface area contributed by atoms with Crippen molar-refractivity contribution in [1.29, 1.82) is 0 Å². The summed E-state index contributed by atoms with van der Waals surface area (Å²) in [5.41, 5.74) is 6.34. The minimum Gasteiger partial charge on any atom is -0.350 e. The van der Waals surface area contributed by atoms with E-state index in [2.05, 4.69) is 10.3 Å². The van der Waals surface area contributed by atoms with Gasteiger partial charge < -0.3 is 11.1 Å². The molecule has 1 rings (SSSR count). The summed E-state index contributed by atoms with van der Waals surface area (Å²) in [6, 6.07) is 3.81. The topological polar surface area (TPSA) is 68.0 Å². The summed E-state index contributed by atoms with van der Waals surface area (Å²) < 4.78 is 0. The molecule has 0 fully saturated rings. The fourth-order valence-electron chi connectivity index (χ4n) is 1.29. The zero-order valence-electron chi connectivity index (χ0n) is 8.94. The minimum absolute atomic E-state index is 0.00368. The van der Waals surface area contributed by atoms with Crippen LogP contribution in [-0.2, 0) is 4.79 Å². The Morgan fingerprint density at radius 1 is 1.67 bits per heavy atom. The number of rotatable bonds is 5. The molecule has 0 aliphatic carbocycles. The van der Waals surface area contributed by atoms with Crippen LogP contribution < -0.4 is 11.1 Å². The van der Waals surface area contributed by atoms with Crippen LogP contribution in [0.4, 0.5) is 0 Å². The van der Waals surface area contributed by atoms with Gasteiger partial charge in [-0.1, -0.05) is 6.07 Å². The van der Waals surface area contributed by atoms with E-state index in [1.54, 1.807) is 12.4 Å². The van der Waals surface area contributed by atoms with E-state index in [0.29, 0.717) is 13.0 Å². The van der Waals surface area contributed by atoms with Crippen molar-refractivity contribution < 1.29 is 4.79 Å². The molecule has 1 unspecified atom stereocenters.